The Balaban J connectivity index is 1.84. The van der Waals surface area contributed by atoms with Crippen LogP contribution in [0.15, 0.2) is 64.4 Å². The molecule has 0 aliphatic heterocycles. The van der Waals surface area contributed by atoms with Crippen molar-refractivity contribution in [1.29, 1.82) is 0 Å². The van der Waals surface area contributed by atoms with Crippen LogP contribution in [0.3, 0.4) is 0 Å². The second-order valence-corrected chi connectivity index (χ2v) is 9.49. The van der Waals surface area contributed by atoms with Crippen molar-refractivity contribution >= 4 is 23.4 Å². The summed E-state index contributed by atoms with van der Waals surface area (Å²) in [6.07, 6.45) is 1.71. The van der Waals surface area contributed by atoms with E-state index in [1.165, 1.54) is 23.4 Å². The van der Waals surface area contributed by atoms with Gasteiger partial charge in [0.2, 0.25) is 5.88 Å². The summed E-state index contributed by atoms with van der Waals surface area (Å²) in [6.45, 7) is 7.70. The average molecular weight is 454 g/mol. The van der Waals surface area contributed by atoms with Gasteiger partial charge in [0.05, 0.1) is 25.9 Å². The molecule has 0 amide bonds. The molecule has 0 saturated carbocycles. The molecule has 0 spiro atoms. The Morgan fingerprint density at radius 3 is 2.44 bits per heavy atom. The minimum Gasteiger partial charge on any atom is -0.406 e. The number of hydrogen-bond donors (Lipinski definition) is 0. The minimum absolute atomic E-state index is 0.000506. The van der Waals surface area contributed by atoms with E-state index in [4.69, 9.17) is 4.74 Å². The molecule has 0 unspecified atom stereocenters. The second kappa shape index (κ2) is 9.99. The lowest BCUT2D eigenvalue weighted by atomic mass is 10.1. The molecule has 1 heterocycles. The normalized spacial score (nSPS) is 11.4. The van der Waals surface area contributed by atoms with Crippen LogP contribution in [0.2, 0.25) is 0 Å². The maximum atomic E-state index is 12.7. The highest BCUT2D eigenvalue weighted by atomic mass is 32.2. The Labute approximate surface area is 191 Å². The van der Waals surface area contributed by atoms with Crippen molar-refractivity contribution in [1.82, 2.24) is 9.78 Å². The van der Waals surface area contributed by atoms with Gasteiger partial charge in [-0.1, -0.05) is 54.2 Å². The monoisotopic (exact) mass is 453 g/mol. The lowest BCUT2D eigenvalue weighted by Crippen LogP contribution is -2.25. The molecule has 0 aliphatic rings. The third-order valence-corrected chi connectivity index (χ3v) is 6.01. The molecule has 0 aliphatic carbocycles. The van der Waals surface area contributed by atoms with Crippen LogP contribution in [-0.4, -0.2) is 20.7 Å². The maximum absolute atomic E-state index is 12.7. The van der Waals surface area contributed by atoms with Crippen LogP contribution >= 0.6 is 11.8 Å². The summed E-state index contributed by atoms with van der Waals surface area (Å²) in [6, 6.07) is 16.5. The molecular formula is C24H27N3O4S. The van der Waals surface area contributed by atoms with Gasteiger partial charge in [-0.05, 0) is 52.2 Å². The number of carbonyl (C=O) groups excluding carboxylic acids is 1. The van der Waals surface area contributed by atoms with E-state index in [0.29, 0.717) is 27.8 Å². The van der Waals surface area contributed by atoms with Gasteiger partial charge in [-0.3, -0.25) is 14.9 Å². The molecule has 8 heteroatoms. The van der Waals surface area contributed by atoms with Crippen LogP contribution in [-0.2, 0) is 16.8 Å². The van der Waals surface area contributed by atoms with Gasteiger partial charge in [0.1, 0.15) is 0 Å². The summed E-state index contributed by atoms with van der Waals surface area (Å²) >= 11 is 1.19. The summed E-state index contributed by atoms with van der Waals surface area (Å²) in [5.74, 6) is -0.0291. The molecular weight excluding hydrogens is 426 g/mol. The molecule has 0 N–H and O–H groups in total. The van der Waals surface area contributed by atoms with Crippen LogP contribution in [0.1, 0.15) is 44.9 Å². The topological polar surface area (TPSA) is 87.3 Å². The van der Waals surface area contributed by atoms with E-state index in [2.05, 4.69) is 5.10 Å². The SMILES string of the molecule is Cc1nn(C(C)(C)C)c(OC(=O)CCCc2ccccc2)c1Sc1ccccc1[N+](=O)[O-]. The van der Waals surface area contributed by atoms with Crippen molar-refractivity contribution in [2.75, 3.05) is 0 Å². The minimum atomic E-state index is -0.439. The van der Waals surface area contributed by atoms with Gasteiger partial charge in [0.15, 0.2) is 0 Å². The van der Waals surface area contributed by atoms with Gasteiger partial charge in [-0.15, -0.1) is 0 Å². The second-order valence-electron chi connectivity index (χ2n) is 8.44. The predicted octanol–water partition coefficient (Wildman–Crippen LogP) is 5.93. The number of nitrogens with zero attached hydrogens (tertiary/aromatic N) is 3. The smallest absolute Gasteiger partial charge is 0.312 e. The van der Waals surface area contributed by atoms with Crippen molar-refractivity contribution in [3.63, 3.8) is 0 Å². The molecule has 0 fully saturated rings. The Bertz CT molecular complexity index is 1100. The number of aryl methyl sites for hydroxylation is 2. The number of carbonyl (C=O) groups is 1. The zero-order valence-corrected chi connectivity index (χ0v) is 19.5. The Hall–Kier alpha value is -3.13. The predicted molar refractivity (Wildman–Crippen MR) is 124 cm³/mol. The lowest BCUT2D eigenvalue weighted by molar-refractivity contribution is -0.387. The van der Waals surface area contributed by atoms with Crippen molar-refractivity contribution in [2.45, 2.75) is 62.3 Å². The van der Waals surface area contributed by atoms with Crippen LogP contribution in [0, 0.1) is 17.0 Å². The number of hydrogen-bond acceptors (Lipinski definition) is 6. The van der Waals surface area contributed by atoms with Crippen molar-refractivity contribution in [3.8, 4) is 5.88 Å². The van der Waals surface area contributed by atoms with Crippen LogP contribution < -0.4 is 4.74 Å². The molecule has 3 aromatic rings. The van der Waals surface area contributed by atoms with Crippen LogP contribution in [0.25, 0.3) is 0 Å². The third-order valence-electron chi connectivity index (χ3n) is 4.77. The number of nitro benzene ring substituents is 1. The number of ether oxygens (including phenoxy) is 1. The Morgan fingerprint density at radius 1 is 1.12 bits per heavy atom. The Kier molecular flexibility index (Phi) is 7.35. The molecule has 0 radical (unpaired) electrons. The van der Waals surface area contributed by atoms with E-state index in [1.54, 1.807) is 22.9 Å². The van der Waals surface area contributed by atoms with Gasteiger partial charge < -0.3 is 4.74 Å². The fourth-order valence-corrected chi connectivity index (χ4v) is 4.22. The molecule has 0 bridgehead atoms. The highest BCUT2D eigenvalue weighted by Gasteiger charge is 2.28. The van der Waals surface area contributed by atoms with E-state index >= 15 is 0 Å². The molecule has 32 heavy (non-hydrogen) atoms. The Morgan fingerprint density at radius 2 is 1.78 bits per heavy atom. The van der Waals surface area contributed by atoms with Gasteiger partial charge >= 0.3 is 5.97 Å². The summed E-state index contributed by atoms with van der Waals surface area (Å²) in [4.78, 5) is 24.8. The molecule has 2 aromatic carbocycles. The van der Waals surface area contributed by atoms with E-state index in [0.717, 1.165) is 6.42 Å². The van der Waals surface area contributed by atoms with Gasteiger partial charge in [-0.25, -0.2) is 4.68 Å². The first-order valence-corrected chi connectivity index (χ1v) is 11.2. The fraction of sp³-hybridized carbons (Fsp3) is 0.333. The third kappa shape index (κ3) is 5.76. The molecule has 168 valence electrons. The number of esters is 1. The van der Waals surface area contributed by atoms with Gasteiger partial charge in [-0.2, -0.15) is 5.10 Å². The number of nitro groups is 1. The van der Waals surface area contributed by atoms with Crippen LogP contribution in [0.5, 0.6) is 5.88 Å². The number of benzene rings is 2. The van der Waals surface area contributed by atoms with E-state index < -0.39 is 10.5 Å². The number of rotatable bonds is 8. The highest BCUT2D eigenvalue weighted by molar-refractivity contribution is 7.99. The maximum Gasteiger partial charge on any atom is 0.312 e. The average Bonchev–Trinajstić information content (AvgIpc) is 3.05. The number of para-hydroxylation sites is 1. The van der Waals surface area contributed by atoms with Crippen molar-refractivity contribution < 1.29 is 14.5 Å². The van der Waals surface area contributed by atoms with E-state index in [1.807, 2.05) is 58.0 Å². The van der Waals surface area contributed by atoms with E-state index in [9.17, 15) is 14.9 Å². The standard InChI is InChI=1S/C24H27N3O4S/c1-17-22(32-20-15-9-8-14-19(20)27(29)30)23(26(25-17)24(2,3)4)31-21(28)16-10-13-18-11-6-5-7-12-18/h5-9,11-12,14-15H,10,13,16H2,1-4H3. The molecule has 0 saturated heterocycles. The summed E-state index contributed by atoms with van der Waals surface area (Å²) in [5, 5.41) is 16.0. The lowest BCUT2D eigenvalue weighted by Gasteiger charge is -2.22. The summed E-state index contributed by atoms with van der Waals surface area (Å²) < 4.78 is 7.48. The fourth-order valence-electron chi connectivity index (χ4n) is 3.20. The summed E-state index contributed by atoms with van der Waals surface area (Å²) in [7, 11) is 0. The quantitative estimate of drug-likeness (QED) is 0.238. The van der Waals surface area contributed by atoms with Gasteiger partial charge in [0.25, 0.3) is 5.69 Å². The van der Waals surface area contributed by atoms with Crippen LogP contribution in [0.4, 0.5) is 5.69 Å². The first-order chi connectivity index (χ1) is 15.2. The molecule has 3 rings (SSSR count). The van der Waals surface area contributed by atoms with Gasteiger partial charge in [0, 0.05) is 12.5 Å². The highest BCUT2D eigenvalue weighted by Crippen LogP contribution is 2.42. The van der Waals surface area contributed by atoms with Crippen molar-refractivity contribution in [2.24, 2.45) is 0 Å². The first kappa shape index (κ1) is 23.5. The first-order valence-electron chi connectivity index (χ1n) is 10.4. The number of aromatic nitrogens is 2. The molecule has 0 atom stereocenters. The zero-order chi connectivity index (χ0) is 23.3. The molecule has 7 nitrogen and oxygen atoms in total. The zero-order valence-electron chi connectivity index (χ0n) is 18.7. The molecule has 1 aromatic heterocycles. The van der Waals surface area contributed by atoms with E-state index in [-0.39, 0.29) is 18.1 Å². The van der Waals surface area contributed by atoms with Crippen molar-refractivity contribution in [3.05, 3.63) is 76.0 Å². The largest absolute Gasteiger partial charge is 0.406 e. The summed E-state index contributed by atoms with van der Waals surface area (Å²) in [5.41, 5.74) is 1.38.